The van der Waals surface area contributed by atoms with Gasteiger partial charge in [-0.05, 0) is 18.8 Å². The highest BCUT2D eigenvalue weighted by Gasteiger charge is 2.13. The molecule has 0 bridgehead atoms. The van der Waals surface area contributed by atoms with Gasteiger partial charge in [0.15, 0.2) is 0 Å². The summed E-state index contributed by atoms with van der Waals surface area (Å²) < 4.78 is 0. The van der Waals surface area contributed by atoms with Gasteiger partial charge in [-0.2, -0.15) is 0 Å². The molecule has 0 atom stereocenters. The van der Waals surface area contributed by atoms with Gasteiger partial charge in [-0.15, -0.1) is 6.42 Å². The lowest BCUT2D eigenvalue weighted by atomic mass is 9.86. The first-order chi connectivity index (χ1) is 5.91. The van der Waals surface area contributed by atoms with E-state index in [0.717, 1.165) is 12.0 Å². The molecule has 0 spiro atoms. The molecule has 0 amide bonds. The first-order valence-electron chi connectivity index (χ1n) is 4.76. The van der Waals surface area contributed by atoms with Crippen molar-refractivity contribution in [3.05, 3.63) is 23.3 Å². The third-order valence-electron chi connectivity index (χ3n) is 2.06. The van der Waals surface area contributed by atoms with E-state index in [1.165, 1.54) is 5.57 Å². The SMILES string of the molecule is C#C/C(=C\C=C(\C)CC)C(C)(C)C. The Balaban J connectivity index is 4.73. The number of terminal acetylenes is 1. The molecule has 0 radical (unpaired) electrons. The summed E-state index contributed by atoms with van der Waals surface area (Å²) in [6, 6.07) is 0. The molecular weight excluding hydrogens is 156 g/mol. The minimum absolute atomic E-state index is 0.0826. The molecule has 0 nitrogen and oxygen atoms in total. The number of allylic oxidation sites excluding steroid dienone is 4. The zero-order valence-electron chi connectivity index (χ0n) is 9.44. The summed E-state index contributed by atoms with van der Waals surface area (Å²) in [5.74, 6) is 2.74. The Hall–Kier alpha value is -0.960. The third kappa shape index (κ3) is 4.58. The summed E-state index contributed by atoms with van der Waals surface area (Å²) in [4.78, 5) is 0. The van der Waals surface area contributed by atoms with E-state index >= 15 is 0 Å². The highest BCUT2D eigenvalue weighted by molar-refractivity contribution is 5.34. The van der Waals surface area contributed by atoms with E-state index in [1.54, 1.807) is 0 Å². The fraction of sp³-hybridized carbons (Fsp3) is 0.538. The highest BCUT2D eigenvalue weighted by atomic mass is 14.2. The monoisotopic (exact) mass is 176 g/mol. The van der Waals surface area contributed by atoms with E-state index in [-0.39, 0.29) is 5.41 Å². The lowest BCUT2D eigenvalue weighted by molar-refractivity contribution is 0.521. The van der Waals surface area contributed by atoms with Gasteiger partial charge in [-0.1, -0.05) is 51.3 Å². The third-order valence-corrected chi connectivity index (χ3v) is 2.06. The zero-order chi connectivity index (χ0) is 10.5. The van der Waals surface area contributed by atoms with Gasteiger partial charge >= 0.3 is 0 Å². The van der Waals surface area contributed by atoms with Gasteiger partial charge in [0.25, 0.3) is 0 Å². The van der Waals surface area contributed by atoms with Gasteiger partial charge in [0.2, 0.25) is 0 Å². The first kappa shape index (κ1) is 12.0. The number of hydrogen-bond donors (Lipinski definition) is 0. The Morgan fingerprint density at radius 2 is 1.85 bits per heavy atom. The molecule has 0 aromatic carbocycles. The molecule has 0 saturated carbocycles. The van der Waals surface area contributed by atoms with Crippen molar-refractivity contribution in [3.63, 3.8) is 0 Å². The summed E-state index contributed by atoms with van der Waals surface area (Å²) in [5, 5.41) is 0. The summed E-state index contributed by atoms with van der Waals surface area (Å²) in [6.07, 6.45) is 10.7. The van der Waals surface area contributed by atoms with Crippen molar-refractivity contribution in [1.82, 2.24) is 0 Å². The minimum atomic E-state index is 0.0826. The van der Waals surface area contributed by atoms with Crippen LogP contribution in [0.2, 0.25) is 0 Å². The van der Waals surface area contributed by atoms with Crippen LogP contribution in [0.4, 0.5) is 0 Å². The maximum atomic E-state index is 5.44. The van der Waals surface area contributed by atoms with Crippen LogP contribution in [0.3, 0.4) is 0 Å². The zero-order valence-corrected chi connectivity index (χ0v) is 9.44. The van der Waals surface area contributed by atoms with Crippen LogP contribution >= 0.6 is 0 Å². The predicted molar refractivity (Wildman–Crippen MR) is 60.4 cm³/mol. The van der Waals surface area contributed by atoms with Crippen molar-refractivity contribution in [2.75, 3.05) is 0 Å². The quantitative estimate of drug-likeness (QED) is 0.441. The van der Waals surface area contributed by atoms with E-state index in [4.69, 9.17) is 6.42 Å². The average molecular weight is 176 g/mol. The first-order valence-corrected chi connectivity index (χ1v) is 4.76. The lowest BCUT2D eigenvalue weighted by Crippen LogP contribution is -2.07. The number of hydrogen-bond acceptors (Lipinski definition) is 0. The van der Waals surface area contributed by atoms with Gasteiger partial charge in [0.1, 0.15) is 0 Å². The number of rotatable bonds is 2. The van der Waals surface area contributed by atoms with E-state index in [1.807, 2.05) is 0 Å². The average Bonchev–Trinajstić information content (AvgIpc) is 2.02. The second-order valence-corrected chi connectivity index (χ2v) is 4.34. The van der Waals surface area contributed by atoms with Crippen molar-refractivity contribution in [2.45, 2.75) is 41.0 Å². The molecule has 0 N–H and O–H groups in total. The summed E-state index contributed by atoms with van der Waals surface area (Å²) in [7, 11) is 0. The van der Waals surface area contributed by atoms with Crippen LogP contribution in [0, 0.1) is 17.8 Å². The van der Waals surface area contributed by atoms with Crippen LogP contribution in [0.1, 0.15) is 41.0 Å². The molecule has 0 heterocycles. The van der Waals surface area contributed by atoms with Crippen LogP contribution in [0.25, 0.3) is 0 Å². The van der Waals surface area contributed by atoms with Crippen LogP contribution in [-0.2, 0) is 0 Å². The largest absolute Gasteiger partial charge is 0.115 e. The standard InChI is InChI=1S/C13H20/c1-7-11(3)9-10-12(8-2)13(4,5)6/h2,9-10H,7H2,1,3-6H3/b11-9-,12-10+. The second-order valence-electron chi connectivity index (χ2n) is 4.34. The topological polar surface area (TPSA) is 0 Å². The molecule has 0 aliphatic rings. The van der Waals surface area contributed by atoms with Crippen molar-refractivity contribution in [1.29, 1.82) is 0 Å². The van der Waals surface area contributed by atoms with Crippen molar-refractivity contribution >= 4 is 0 Å². The normalized spacial score (nSPS) is 14.2. The van der Waals surface area contributed by atoms with Gasteiger partial charge in [-0.3, -0.25) is 0 Å². The molecule has 0 saturated heterocycles. The van der Waals surface area contributed by atoms with Crippen molar-refractivity contribution in [2.24, 2.45) is 5.41 Å². The molecule has 0 rings (SSSR count). The van der Waals surface area contributed by atoms with Gasteiger partial charge in [0, 0.05) is 5.57 Å². The molecule has 0 unspecified atom stereocenters. The molecule has 13 heavy (non-hydrogen) atoms. The fourth-order valence-corrected chi connectivity index (χ4v) is 0.858. The Morgan fingerprint density at radius 3 is 2.15 bits per heavy atom. The maximum absolute atomic E-state index is 5.44. The Bertz CT molecular complexity index is 251. The molecule has 72 valence electrons. The minimum Gasteiger partial charge on any atom is -0.115 e. The van der Waals surface area contributed by atoms with Crippen molar-refractivity contribution < 1.29 is 0 Å². The van der Waals surface area contributed by atoms with E-state index in [0.29, 0.717) is 0 Å². The fourth-order valence-electron chi connectivity index (χ4n) is 0.858. The molecule has 0 aliphatic carbocycles. The van der Waals surface area contributed by atoms with Gasteiger partial charge in [0.05, 0.1) is 0 Å². The maximum Gasteiger partial charge on any atom is 0.00711 e. The van der Waals surface area contributed by atoms with E-state index < -0.39 is 0 Å². The van der Waals surface area contributed by atoms with E-state index in [9.17, 15) is 0 Å². The van der Waals surface area contributed by atoms with Crippen molar-refractivity contribution in [3.8, 4) is 12.3 Å². The Morgan fingerprint density at radius 1 is 1.31 bits per heavy atom. The smallest absolute Gasteiger partial charge is 0.00711 e. The summed E-state index contributed by atoms with van der Waals surface area (Å²) in [6.45, 7) is 10.7. The molecule has 0 heteroatoms. The second kappa shape index (κ2) is 4.92. The lowest BCUT2D eigenvalue weighted by Gasteiger charge is -2.17. The van der Waals surface area contributed by atoms with Crippen LogP contribution in [-0.4, -0.2) is 0 Å². The summed E-state index contributed by atoms with van der Waals surface area (Å²) >= 11 is 0. The molecular formula is C13H20. The van der Waals surface area contributed by atoms with Crippen LogP contribution < -0.4 is 0 Å². The van der Waals surface area contributed by atoms with E-state index in [2.05, 4.69) is 52.7 Å². The molecule has 0 aromatic heterocycles. The Kier molecular flexibility index (Phi) is 4.56. The molecule has 0 fully saturated rings. The van der Waals surface area contributed by atoms with Gasteiger partial charge < -0.3 is 0 Å². The van der Waals surface area contributed by atoms with Crippen LogP contribution in [0.5, 0.6) is 0 Å². The molecule has 0 aliphatic heterocycles. The van der Waals surface area contributed by atoms with Crippen LogP contribution in [0.15, 0.2) is 23.3 Å². The summed E-state index contributed by atoms with van der Waals surface area (Å²) in [5.41, 5.74) is 2.50. The molecule has 0 aromatic rings. The predicted octanol–water partition coefficient (Wildman–Crippen LogP) is 3.95. The van der Waals surface area contributed by atoms with Gasteiger partial charge in [-0.25, -0.2) is 0 Å². The highest BCUT2D eigenvalue weighted by Crippen LogP contribution is 2.24. The Labute approximate surface area is 82.7 Å².